The molecule has 0 saturated heterocycles. The number of benzene rings is 1. The Morgan fingerprint density at radius 3 is 2.78 bits per heavy atom. The zero-order valence-electron chi connectivity index (χ0n) is 11.7. The summed E-state index contributed by atoms with van der Waals surface area (Å²) in [7, 11) is 0. The second-order valence-electron chi connectivity index (χ2n) is 6.44. The Hall–Kier alpha value is -1.22. The highest BCUT2D eigenvalue weighted by Gasteiger charge is 2.32. The van der Waals surface area contributed by atoms with E-state index < -0.39 is 0 Å². The average molecular weight is 249 g/mol. The lowest BCUT2D eigenvalue weighted by atomic mass is 9.95. The van der Waals surface area contributed by atoms with Crippen LogP contribution in [0, 0.1) is 5.41 Å². The predicted octanol–water partition coefficient (Wildman–Crippen LogP) is 2.76. The van der Waals surface area contributed by atoms with Crippen LogP contribution >= 0.6 is 0 Å². The van der Waals surface area contributed by atoms with Gasteiger partial charge in [0.25, 0.3) is 0 Å². The van der Waals surface area contributed by atoms with Gasteiger partial charge in [0.15, 0.2) is 11.5 Å². The Balaban J connectivity index is 2.15. The normalized spacial score (nSPS) is 17.2. The summed E-state index contributed by atoms with van der Waals surface area (Å²) < 4.78 is 11.9. The van der Waals surface area contributed by atoms with E-state index in [9.17, 15) is 0 Å². The van der Waals surface area contributed by atoms with Crippen LogP contribution in [0.3, 0.4) is 0 Å². The van der Waals surface area contributed by atoms with Gasteiger partial charge in [0.1, 0.15) is 5.60 Å². The highest BCUT2D eigenvalue weighted by Crippen LogP contribution is 2.42. The summed E-state index contributed by atoms with van der Waals surface area (Å²) >= 11 is 0. The molecule has 1 aliphatic heterocycles. The third-order valence-corrected chi connectivity index (χ3v) is 3.23. The number of fused-ring (bicyclic) bond motifs is 1. The summed E-state index contributed by atoms with van der Waals surface area (Å²) in [6.45, 7) is 9.60. The van der Waals surface area contributed by atoms with Gasteiger partial charge < -0.3 is 15.2 Å². The van der Waals surface area contributed by atoms with Crippen LogP contribution in [0.25, 0.3) is 0 Å². The molecule has 0 aromatic heterocycles. The van der Waals surface area contributed by atoms with Crippen molar-refractivity contribution in [2.24, 2.45) is 11.1 Å². The Labute approximate surface area is 109 Å². The summed E-state index contributed by atoms with van der Waals surface area (Å²) in [5, 5.41) is 0. The van der Waals surface area contributed by atoms with Crippen molar-refractivity contribution in [3.63, 3.8) is 0 Å². The lowest BCUT2D eigenvalue weighted by molar-refractivity contribution is 0.125. The van der Waals surface area contributed by atoms with Crippen LogP contribution in [0.4, 0.5) is 0 Å². The van der Waals surface area contributed by atoms with E-state index in [1.807, 2.05) is 12.1 Å². The second kappa shape index (κ2) is 4.47. The quantitative estimate of drug-likeness (QED) is 0.892. The fourth-order valence-electron chi connectivity index (χ4n) is 2.03. The third-order valence-electron chi connectivity index (χ3n) is 3.23. The fraction of sp³-hybridized carbons (Fsp3) is 0.600. The van der Waals surface area contributed by atoms with E-state index in [0.29, 0.717) is 13.2 Å². The molecule has 0 bridgehead atoms. The number of hydrogen-bond acceptors (Lipinski definition) is 3. The standard InChI is InChI=1S/C15H23NO2/c1-14(2,9-16)10-17-12-7-5-6-11-8-15(3,4)18-13(11)12/h5-7H,8-10,16H2,1-4H3. The molecule has 18 heavy (non-hydrogen) atoms. The first-order valence-electron chi connectivity index (χ1n) is 6.47. The second-order valence-corrected chi connectivity index (χ2v) is 6.44. The molecule has 0 aliphatic carbocycles. The summed E-state index contributed by atoms with van der Waals surface area (Å²) in [5.41, 5.74) is 6.79. The molecule has 1 heterocycles. The lowest BCUT2D eigenvalue weighted by Crippen LogP contribution is -2.30. The van der Waals surface area contributed by atoms with Gasteiger partial charge in [-0.2, -0.15) is 0 Å². The van der Waals surface area contributed by atoms with E-state index in [2.05, 4.69) is 33.8 Å². The average Bonchev–Trinajstić information content (AvgIpc) is 2.60. The molecular weight excluding hydrogens is 226 g/mol. The minimum Gasteiger partial charge on any atom is -0.489 e. The van der Waals surface area contributed by atoms with Gasteiger partial charge in [0, 0.05) is 23.9 Å². The maximum Gasteiger partial charge on any atom is 0.165 e. The van der Waals surface area contributed by atoms with Gasteiger partial charge in [0.05, 0.1) is 6.61 Å². The van der Waals surface area contributed by atoms with Crippen LogP contribution < -0.4 is 15.2 Å². The number of ether oxygens (including phenoxy) is 2. The zero-order valence-corrected chi connectivity index (χ0v) is 11.7. The van der Waals surface area contributed by atoms with Crippen LogP contribution in [-0.2, 0) is 6.42 Å². The van der Waals surface area contributed by atoms with Crippen molar-refractivity contribution in [3.8, 4) is 11.5 Å². The molecule has 3 heteroatoms. The number of nitrogens with two attached hydrogens (primary N) is 1. The number of hydrogen-bond donors (Lipinski definition) is 1. The molecule has 2 rings (SSSR count). The fourth-order valence-corrected chi connectivity index (χ4v) is 2.03. The third kappa shape index (κ3) is 2.78. The van der Waals surface area contributed by atoms with Crippen molar-refractivity contribution in [1.82, 2.24) is 0 Å². The molecule has 0 radical (unpaired) electrons. The van der Waals surface area contributed by atoms with Crippen molar-refractivity contribution in [1.29, 1.82) is 0 Å². The van der Waals surface area contributed by atoms with Crippen molar-refractivity contribution < 1.29 is 9.47 Å². The molecule has 2 N–H and O–H groups in total. The highest BCUT2D eigenvalue weighted by atomic mass is 16.5. The van der Waals surface area contributed by atoms with Crippen molar-refractivity contribution in [2.45, 2.75) is 39.7 Å². The molecule has 0 amide bonds. The topological polar surface area (TPSA) is 44.5 Å². The SMILES string of the molecule is CC(C)(CN)COc1cccc2c1OC(C)(C)C2. The molecule has 0 spiro atoms. The molecule has 1 aromatic rings. The maximum absolute atomic E-state index is 5.97. The monoisotopic (exact) mass is 249 g/mol. The van der Waals surface area contributed by atoms with E-state index in [1.54, 1.807) is 0 Å². The van der Waals surface area contributed by atoms with Gasteiger partial charge in [-0.3, -0.25) is 0 Å². The number of rotatable bonds is 4. The Bertz CT molecular complexity index is 438. The maximum atomic E-state index is 5.97. The van der Waals surface area contributed by atoms with Gasteiger partial charge in [-0.15, -0.1) is 0 Å². The van der Waals surface area contributed by atoms with Crippen molar-refractivity contribution >= 4 is 0 Å². The first-order chi connectivity index (χ1) is 8.33. The molecular formula is C15H23NO2. The van der Waals surface area contributed by atoms with E-state index in [4.69, 9.17) is 15.2 Å². The van der Waals surface area contributed by atoms with E-state index in [0.717, 1.165) is 17.9 Å². The summed E-state index contributed by atoms with van der Waals surface area (Å²) in [4.78, 5) is 0. The van der Waals surface area contributed by atoms with Gasteiger partial charge in [-0.25, -0.2) is 0 Å². The molecule has 1 aliphatic rings. The Morgan fingerprint density at radius 2 is 2.11 bits per heavy atom. The van der Waals surface area contributed by atoms with Gasteiger partial charge in [-0.1, -0.05) is 26.0 Å². The largest absolute Gasteiger partial charge is 0.489 e. The lowest BCUT2D eigenvalue weighted by Gasteiger charge is -2.23. The zero-order chi connectivity index (χ0) is 13.4. The van der Waals surface area contributed by atoms with Crippen molar-refractivity contribution in [2.75, 3.05) is 13.2 Å². The molecule has 0 saturated carbocycles. The molecule has 1 aromatic carbocycles. The van der Waals surface area contributed by atoms with Crippen LogP contribution in [0.2, 0.25) is 0 Å². The Kier molecular flexibility index (Phi) is 3.28. The van der Waals surface area contributed by atoms with Crippen LogP contribution in [0.5, 0.6) is 11.5 Å². The van der Waals surface area contributed by atoms with E-state index in [-0.39, 0.29) is 11.0 Å². The van der Waals surface area contributed by atoms with E-state index in [1.165, 1.54) is 5.56 Å². The van der Waals surface area contributed by atoms with Crippen molar-refractivity contribution in [3.05, 3.63) is 23.8 Å². The van der Waals surface area contributed by atoms with Crippen LogP contribution in [0.1, 0.15) is 33.3 Å². The Morgan fingerprint density at radius 1 is 1.39 bits per heavy atom. The minimum atomic E-state index is -0.134. The molecule has 3 nitrogen and oxygen atoms in total. The predicted molar refractivity (Wildman–Crippen MR) is 73.2 cm³/mol. The number of para-hydroxylation sites is 1. The molecule has 0 fully saturated rings. The molecule has 0 atom stereocenters. The summed E-state index contributed by atoms with van der Waals surface area (Å²) in [5.74, 6) is 1.73. The van der Waals surface area contributed by atoms with Crippen LogP contribution in [-0.4, -0.2) is 18.8 Å². The smallest absolute Gasteiger partial charge is 0.165 e. The summed E-state index contributed by atoms with van der Waals surface area (Å²) in [6.07, 6.45) is 0.930. The molecule has 0 unspecified atom stereocenters. The first kappa shape index (κ1) is 13.2. The first-order valence-corrected chi connectivity index (χ1v) is 6.47. The van der Waals surface area contributed by atoms with Gasteiger partial charge >= 0.3 is 0 Å². The molecule has 100 valence electrons. The highest BCUT2D eigenvalue weighted by molar-refractivity contribution is 5.50. The van der Waals surface area contributed by atoms with Gasteiger partial charge in [-0.05, 0) is 19.9 Å². The van der Waals surface area contributed by atoms with E-state index >= 15 is 0 Å². The summed E-state index contributed by atoms with van der Waals surface area (Å²) in [6, 6.07) is 6.09. The van der Waals surface area contributed by atoms with Crippen LogP contribution in [0.15, 0.2) is 18.2 Å². The van der Waals surface area contributed by atoms with Gasteiger partial charge in [0.2, 0.25) is 0 Å². The minimum absolute atomic E-state index is 0.0170.